The Balaban J connectivity index is 1.90. The lowest BCUT2D eigenvalue weighted by Crippen LogP contribution is -2.30. The quantitative estimate of drug-likeness (QED) is 0.735. The van der Waals surface area contributed by atoms with Crippen molar-refractivity contribution in [3.63, 3.8) is 0 Å². The molecule has 1 N–H and O–H groups in total. The van der Waals surface area contributed by atoms with Gasteiger partial charge >= 0.3 is 0 Å². The fourth-order valence-corrected chi connectivity index (χ4v) is 3.84. The zero-order valence-corrected chi connectivity index (χ0v) is 9.84. The van der Waals surface area contributed by atoms with E-state index in [1.807, 2.05) is 0 Å². The predicted octanol–water partition coefficient (Wildman–Crippen LogP) is 2.90. The zero-order chi connectivity index (χ0) is 11.4. The summed E-state index contributed by atoms with van der Waals surface area (Å²) in [5.41, 5.74) is 2.77. The van der Waals surface area contributed by atoms with Gasteiger partial charge in [0.25, 0.3) is 0 Å². The normalized spacial score (nSPS) is 31.5. The van der Waals surface area contributed by atoms with E-state index in [0.29, 0.717) is 12.0 Å². The number of hydrogen-bond acceptors (Lipinski definition) is 1. The number of hydrogen-bond donors (Lipinski definition) is 1. The molecule has 0 bridgehead atoms. The molecule has 1 aliphatic carbocycles. The minimum Gasteiger partial charge on any atom is -0.393 e. The number of aliphatic hydroxyl groups excluding tert-OH is 1. The van der Waals surface area contributed by atoms with Crippen molar-refractivity contribution in [3.8, 4) is 0 Å². The average Bonchev–Trinajstić information content (AvgIpc) is 2.85. The van der Waals surface area contributed by atoms with Crippen molar-refractivity contribution >= 4 is 10.9 Å². The molecule has 1 aliphatic heterocycles. The summed E-state index contributed by atoms with van der Waals surface area (Å²) in [5.74, 6) is 0.461. The fraction of sp³-hybridized carbons (Fsp3) is 0.467. The molecular weight excluding hydrogens is 210 g/mol. The van der Waals surface area contributed by atoms with Crippen LogP contribution < -0.4 is 0 Å². The van der Waals surface area contributed by atoms with Gasteiger partial charge in [-0.2, -0.15) is 0 Å². The highest BCUT2D eigenvalue weighted by Gasteiger charge is 2.39. The van der Waals surface area contributed by atoms with Crippen molar-refractivity contribution in [1.29, 1.82) is 0 Å². The third-order valence-corrected chi connectivity index (χ3v) is 4.59. The van der Waals surface area contributed by atoms with E-state index < -0.39 is 0 Å². The number of aromatic nitrogens is 1. The lowest BCUT2D eigenvalue weighted by atomic mass is 9.82. The van der Waals surface area contributed by atoms with Gasteiger partial charge in [0.05, 0.1) is 6.10 Å². The molecule has 1 saturated carbocycles. The molecule has 1 aromatic carbocycles. The van der Waals surface area contributed by atoms with Crippen LogP contribution in [-0.2, 0) is 6.42 Å². The number of benzene rings is 1. The number of para-hydroxylation sites is 1. The Kier molecular flexibility index (Phi) is 1.92. The van der Waals surface area contributed by atoms with Crippen LogP contribution in [0.4, 0.5) is 0 Å². The van der Waals surface area contributed by atoms with Gasteiger partial charge in [-0.15, -0.1) is 0 Å². The van der Waals surface area contributed by atoms with Gasteiger partial charge in [-0.25, -0.2) is 0 Å². The molecule has 2 heterocycles. The van der Waals surface area contributed by atoms with Crippen molar-refractivity contribution in [2.75, 3.05) is 0 Å². The highest BCUT2D eigenvalue weighted by Crippen LogP contribution is 2.44. The predicted molar refractivity (Wildman–Crippen MR) is 68.0 cm³/mol. The third kappa shape index (κ3) is 1.25. The van der Waals surface area contributed by atoms with Gasteiger partial charge in [-0.05, 0) is 43.2 Å². The average molecular weight is 227 g/mol. The van der Waals surface area contributed by atoms with E-state index >= 15 is 0 Å². The molecule has 0 unspecified atom stereocenters. The van der Waals surface area contributed by atoms with Crippen LogP contribution in [0.1, 0.15) is 31.0 Å². The molecule has 3 atom stereocenters. The Labute approximate surface area is 101 Å². The number of aliphatic hydroxyl groups is 1. The maximum Gasteiger partial charge on any atom is 0.0591 e. The number of nitrogens with zero attached hydrogens (tertiary/aromatic N) is 1. The minimum atomic E-state index is -0.0904. The molecule has 4 rings (SSSR count). The second kappa shape index (κ2) is 3.36. The highest BCUT2D eigenvalue weighted by molar-refractivity contribution is 5.81. The van der Waals surface area contributed by atoms with Crippen LogP contribution in [0, 0.1) is 5.92 Å². The Morgan fingerprint density at radius 3 is 3.00 bits per heavy atom. The summed E-state index contributed by atoms with van der Waals surface area (Å²) in [7, 11) is 0. The Hall–Kier alpha value is -1.28. The van der Waals surface area contributed by atoms with Crippen LogP contribution in [0.5, 0.6) is 0 Å². The van der Waals surface area contributed by atoms with Crippen LogP contribution in [0.2, 0.25) is 0 Å². The van der Waals surface area contributed by atoms with Crippen LogP contribution >= 0.6 is 0 Å². The topological polar surface area (TPSA) is 25.2 Å². The van der Waals surface area contributed by atoms with Gasteiger partial charge < -0.3 is 9.67 Å². The molecule has 0 amide bonds. The Morgan fingerprint density at radius 2 is 2.06 bits per heavy atom. The van der Waals surface area contributed by atoms with E-state index in [1.54, 1.807) is 0 Å². The number of rotatable bonds is 0. The van der Waals surface area contributed by atoms with Crippen molar-refractivity contribution in [1.82, 2.24) is 4.57 Å². The Morgan fingerprint density at radius 1 is 1.18 bits per heavy atom. The first-order chi connectivity index (χ1) is 8.34. The number of fused-ring (bicyclic) bond motifs is 5. The molecule has 2 aliphatic rings. The van der Waals surface area contributed by atoms with Crippen molar-refractivity contribution in [2.45, 2.75) is 37.8 Å². The van der Waals surface area contributed by atoms with E-state index in [1.165, 1.54) is 23.0 Å². The maximum absolute atomic E-state index is 10.1. The second-order valence-corrected chi connectivity index (χ2v) is 5.50. The maximum atomic E-state index is 10.1. The lowest BCUT2D eigenvalue weighted by molar-refractivity contribution is 0.0519. The summed E-state index contributed by atoms with van der Waals surface area (Å²) in [6, 6.07) is 11.5. The molecule has 2 nitrogen and oxygen atoms in total. The van der Waals surface area contributed by atoms with Crippen molar-refractivity contribution < 1.29 is 5.11 Å². The van der Waals surface area contributed by atoms with E-state index in [4.69, 9.17) is 0 Å². The zero-order valence-electron chi connectivity index (χ0n) is 9.84. The van der Waals surface area contributed by atoms with Gasteiger partial charge in [0.1, 0.15) is 0 Å². The monoisotopic (exact) mass is 227 g/mol. The molecular formula is C15H17NO. The van der Waals surface area contributed by atoms with E-state index in [2.05, 4.69) is 34.9 Å². The first-order valence-electron chi connectivity index (χ1n) is 6.61. The summed E-state index contributed by atoms with van der Waals surface area (Å²) < 4.78 is 2.49. The summed E-state index contributed by atoms with van der Waals surface area (Å²) in [6.07, 6.45) is 4.35. The largest absolute Gasteiger partial charge is 0.393 e. The molecule has 0 spiro atoms. The summed E-state index contributed by atoms with van der Waals surface area (Å²) in [5, 5.41) is 11.5. The minimum absolute atomic E-state index is 0.0904. The second-order valence-electron chi connectivity index (χ2n) is 5.50. The Bertz CT molecular complexity index is 571. The first-order valence-corrected chi connectivity index (χ1v) is 6.61. The van der Waals surface area contributed by atoms with Gasteiger partial charge in [0.15, 0.2) is 0 Å². The highest BCUT2D eigenvalue weighted by atomic mass is 16.3. The van der Waals surface area contributed by atoms with Crippen LogP contribution in [0.25, 0.3) is 10.9 Å². The van der Waals surface area contributed by atoms with E-state index in [0.717, 1.165) is 19.3 Å². The van der Waals surface area contributed by atoms with Gasteiger partial charge in [-0.1, -0.05) is 18.2 Å². The van der Waals surface area contributed by atoms with E-state index in [9.17, 15) is 5.11 Å². The third-order valence-electron chi connectivity index (χ3n) is 4.59. The molecule has 2 aromatic rings. The lowest BCUT2D eigenvalue weighted by Gasteiger charge is -2.31. The molecule has 1 fully saturated rings. The van der Waals surface area contributed by atoms with E-state index in [-0.39, 0.29) is 6.10 Å². The van der Waals surface area contributed by atoms with Crippen molar-refractivity contribution in [2.24, 2.45) is 5.92 Å². The van der Waals surface area contributed by atoms with Crippen LogP contribution in [0.3, 0.4) is 0 Å². The molecule has 17 heavy (non-hydrogen) atoms. The fourth-order valence-electron chi connectivity index (χ4n) is 3.84. The SMILES string of the molecule is O[C@@H]1CCC[C@H]2[C@@H]1Cc1cc3ccccc3n12. The van der Waals surface area contributed by atoms with Gasteiger partial charge in [-0.3, -0.25) is 0 Å². The molecule has 88 valence electrons. The van der Waals surface area contributed by atoms with Gasteiger partial charge in [0, 0.05) is 23.2 Å². The van der Waals surface area contributed by atoms with Crippen molar-refractivity contribution in [3.05, 3.63) is 36.0 Å². The summed E-state index contributed by atoms with van der Waals surface area (Å²) in [4.78, 5) is 0. The smallest absolute Gasteiger partial charge is 0.0591 e. The van der Waals surface area contributed by atoms with Crippen LogP contribution in [-0.4, -0.2) is 15.8 Å². The molecule has 0 radical (unpaired) electrons. The molecule has 2 heteroatoms. The molecule has 1 aromatic heterocycles. The summed E-state index contributed by atoms with van der Waals surface area (Å²) in [6.45, 7) is 0. The standard InChI is InChI=1S/C15H17NO/c17-15-7-3-6-14-12(15)9-11-8-10-4-1-2-5-13(10)16(11)14/h1-2,4-5,8,12,14-15,17H,3,6-7,9H2/t12-,14-,15+/m0/s1. The molecule has 0 saturated heterocycles. The summed E-state index contributed by atoms with van der Waals surface area (Å²) >= 11 is 0. The van der Waals surface area contributed by atoms with Crippen LogP contribution in [0.15, 0.2) is 30.3 Å². The first kappa shape index (κ1) is 9.72. The van der Waals surface area contributed by atoms with Gasteiger partial charge in [0.2, 0.25) is 0 Å².